The summed E-state index contributed by atoms with van der Waals surface area (Å²) < 4.78 is 6.21. The van der Waals surface area contributed by atoms with E-state index in [0.717, 1.165) is 0 Å². The zero-order valence-electron chi connectivity index (χ0n) is 12.3. The van der Waals surface area contributed by atoms with Crippen LogP contribution in [0, 0.1) is 0 Å². The number of methoxy groups -OCH3 is 1. The number of carbonyl (C=O) groups is 2. The fourth-order valence-electron chi connectivity index (χ4n) is 1.78. The average molecular weight is 321 g/mol. The number of aromatic carboxylic acids is 1. The van der Waals surface area contributed by atoms with Gasteiger partial charge in [0.1, 0.15) is 18.0 Å². The Morgan fingerprint density at radius 3 is 2.87 bits per heavy atom. The van der Waals surface area contributed by atoms with E-state index in [1.165, 1.54) is 30.3 Å². The van der Waals surface area contributed by atoms with Gasteiger partial charge >= 0.3 is 5.97 Å². The van der Waals surface area contributed by atoms with Crippen LogP contribution in [-0.2, 0) is 17.9 Å². The topological polar surface area (TPSA) is 139 Å². The van der Waals surface area contributed by atoms with Crippen LogP contribution in [0.1, 0.15) is 26.7 Å². The van der Waals surface area contributed by atoms with Gasteiger partial charge in [-0.25, -0.2) is 9.78 Å². The Morgan fingerprint density at radius 1 is 1.48 bits per heavy atom. The smallest absolute Gasteiger partial charge is 0.356 e. The lowest BCUT2D eigenvalue weighted by Gasteiger charge is -2.05. The Balaban J connectivity index is 1.91. The van der Waals surface area contributed by atoms with Crippen molar-refractivity contribution in [1.82, 2.24) is 25.1 Å². The van der Waals surface area contributed by atoms with Crippen molar-refractivity contribution in [3.8, 4) is 0 Å². The first kappa shape index (κ1) is 16.4. The molecular weight excluding hydrogens is 306 g/mol. The van der Waals surface area contributed by atoms with Crippen LogP contribution in [0.2, 0.25) is 0 Å². The van der Waals surface area contributed by atoms with E-state index in [-0.39, 0.29) is 31.0 Å². The van der Waals surface area contributed by atoms with Crippen LogP contribution in [-0.4, -0.2) is 50.4 Å². The molecule has 2 aromatic heterocycles. The second-order valence-electron chi connectivity index (χ2n) is 4.53. The molecule has 0 saturated carbocycles. The lowest BCUT2D eigenvalue weighted by Crippen LogP contribution is -2.32. The number of amides is 1. The van der Waals surface area contributed by atoms with Crippen LogP contribution in [0.4, 0.5) is 0 Å². The van der Waals surface area contributed by atoms with Crippen LogP contribution in [0.5, 0.6) is 0 Å². The summed E-state index contributed by atoms with van der Waals surface area (Å²) in [6.45, 7) is 0.591. The summed E-state index contributed by atoms with van der Waals surface area (Å²) in [5, 5.41) is 15.1. The highest BCUT2D eigenvalue weighted by Gasteiger charge is 2.12. The molecule has 2 heterocycles. The zero-order chi connectivity index (χ0) is 16.8. The van der Waals surface area contributed by atoms with Gasteiger partial charge in [-0.1, -0.05) is 0 Å². The average Bonchev–Trinajstić information content (AvgIpc) is 2.96. The highest BCUT2D eigenvalue weighted by molar-refractivity contribution is 5.93. The predicted molar refractivity (Wildman–Crippen MR) is 77.1 cm³/mol. The van der Waals surface area contributed by atoms with Gasteiger partial charge in [0.15, 0.2) is 5.69 Å². The summed E-state index contributed by atoms with van der Waals surface area (Å²) in [4.78, 5) is 40.7. The van der Waals surface area contributed by atoms with E-state index in [4.69, 9.17) is 9.84 Å². The van der Waals surface area contributed by atoms with Gasteiger partial charge in [-0.3, -0.25) is 14.3 Å². The number of hydrogen-bond acceptors (Lipinski definition) is 6. The number of nitrogens with one attached hydrogen (secondary N) is 2. The number of ether oxygens (including phenoxy) is 1. The maximum absolute atomic E-state index is 11.9. The second kappa shape index (κ2) is 7.31. The largest absolute Gasteiger partial charge is 0.476 e. The first-order valence-corrected chi connectivity index (χ1v) is 6.63. The quantitative estimate of drug-likeness (QED) is 0.609. The maximum atomic E-state index is 11.9. The molecule has 122 valence electrons. The van der Waals surface area contributed by atoms with Crippen LogP contribution in [0.15, 0.2) is 23.3 Å². The second-order valence-corrected chi connectivity index (χ2v) is 4.53. The molecule has 0 saturated heterocycles. The molecule has 0 spiro atoms. The van der Waals surface area contributed by atoms with E-state index in [9.17, 15) is 14.4 Å². The number of nitrogens with zero attached hydrogens (tertiary/aromatic N) is 3. The molecule has 2 rings (SSSR count). The van der Waals surface area contributed by atoms with Gasteiger partial charge in [0, 0.05) is 26.0 Å². The fourth-order valence-corrected chi connectivity index (χ4v) is 1.78. The molecule has 0 aromatic carbocycles. The molecule has 0 unspecified atom stereocenters. The lowest BCUT2D eigenvalue weighted by atomic mass is 10.3. The molecule has 0 bridgehead atoms. The van der Waals surface area contributed by atoms with Gasteiger partial charge < -0.3 is 20.1 Å². The minimum atomic E-state index is -1.12. The van der Waals surface area contributed by atoms with E-state index < -0.39 is 17.4 Å². The molecule has 10 heteroatoms. The van der Waals surface area contributed by atoms with Gasteiger partial charge in [0.05, 0.1) is 6.54 Å². The number of carbonyl (C=O) groups excluding carboxylic acids is 1. The highest BCUT2D eigenvalue weighted by Crippen LogP contribution is 1.95. The Kier molecular flexibility index (Phi) is 5.20. The van der Waals surface area contributed by atoms with Crippen molar-refractivity contribution in [3.63, 3.8) is 0 Å². The van der Waals surface area contributed by atoms with Gasteiger partial charge in [0.25, 0.3) is 11.5 Å². The molecule has 23 heavy (non-hydrogen) atoms. The molecule has 0 radical (unpaired) electrons. The first-order chi connectivity index (χ1) is 11.0. The third-order valence-electron chi connectivity index (χ3n) is 2.86. The van der Waals surface area contributed by atoms with Crippen molar-refractivity contribution in [2.24, 2.45) is 0 Å². The van der Waals surface area contributed by atoms with Crippen molar-refractivity contribution in [3.05, 3.63) is 45.9 Å². The minimum Gasteiger partial charge on any atom is -0.476 e. The molecule has 0 aliphatic carbocycles. The van der Waals surface area contributed by atoms with Gasteiger partial charge in [-0.2, -0.15) is 5.10 Å². The van der Waals surface area contributed by atoms with E-state index in [0.29, 0.717) is 5.82 Å². The third-order valence-corrected chi connectivity index (χ3v) is 2.86. The number of rotatable bonds is 7. The van der Waals surface area contributed by atoms with Crippen LogP contribution >= 0.6 is 0 Å². The number of aromatic nitrogens is 4. The Morgan fingerprint density at radius 2 is 2.26 bits per heavy atom. The number of H-pyrrole nitrogens is 1. The molecule has 10 nitrogen and oxygen atoms in total. The normalized spacial score (nSPS) is 10.5. The number of hydrogen-bond donors (Lipinski definition) is 3. The van der Waals surface area contributed by atoms with Gasteiger partial charge in [0.2, 0.25) is 0 Å². The Labute approximate surface area is 130 Å². The van der Waals surface area contributed by atoms with Crippen molar-refractivity contribution >= 4 is 11.9 Å². The molecule has 0 fully saturated rings. The highest BCUT2D eigenvalue weighted by atomic mass is 16.5. The zero-order valence-corrected chi connectivity index (χ0v) is 12.3. The molecule has 0 aliphatic rings. The summed E-state index contributed by atoms with van der Waals surface area (Å²) in [5.74, 6) is -1.37. The monoisotopic (exact) mass is 321 g/mol. The standard InChI is InChI=1S/C13H15N5O5/c1-23-7-10-15-6-8(12(20)16-10)11(19)14-3-5-18-4-2-9(17-18)13(21)22/h2,4,6H,3,5,7H2,1H3,(H,14,19)(H,21,22)(H,15,16,20). The SMILES string of the molecule is COCc1ncc(C(=O)NCCn2ccc(C(=O)O)n2)c(=O)[nH]1. The fraction of sp³-hybridized carbons (Fsp3) is 0.308. The van der Waals surface area contributed by atoms with E-state index >= 15 is 0 Å². The molecule has 1 amide bonds. The Hall–Kier alpha value is -3.01. The van der Waals surface area contributed by atoms with Gasteiger partial charge in [-0.15, -0.1) is 0 Å². The van der Waals surface area contributed by atoms with E-state index in [2.05, 4.69) is 20.4 Å². The van der Waals surface area contributed by atoms with Crippen molar-refractivity contribution in [1.29, 1.82) is 0 Å². The third kappa shape index (κ3) is 4.23. The van der Waals surface area contributed by atoms with Crippen LogP contribution in [0.25, 0.3) is 0 Å². The van der Waals surface area contributed by atoms with Crippen LogP contribution < -0.4 is 10.9 Å². The minimum absolute atomic E-state index is 0.0781. The van der Waals surface area contributed by atoms with Crippen molar-refractivity contribution in [2.45, 2.75) is 13.2 Å². The number of carboxylic acids is 1. The molecule has 2 aromatic rings. The molecular formula is C13H15N5O5. The summed E-state index contributed by atoms with van der Waals surface area (Å²) in [5.41, 5.74) is -0.751. The molecule has 0 atom stereocenters. The molecule has 3 N–H and O–H groups in total. The van der Waals surface area contributed by atoms with Crippen molar-refractivity contribution < 1.29 is 19.4 Å². The predicted octanol–water partition coefficient (Wildman–Crippen LogP) is -0.759. The first-order valence-electron chi connectivity index (χ1n) is 6.63. The van der Waals surface area contributed by atoms with Crippen LogP contribution in [0.3, 0.4) is 0 Å². The number of carboxylic acid groups (broad SMARTS) is 1. The van der Waals surface area contributed by atoms with Gasteiger partial charge in [-0.05, 0) is 6.07 Å². The summed E-state index contributed by atoms with van der Waals surface area (Å²) >= 11 is 0. The summed E-state index contributed by atoms with van der Waals surface area (Å²) in [7, 11) is 1.46. The number of aromatic amines is 1. The summed E-state index contributed by atoms with van der Waals surface area (Å²) in [6, 6.07) is 1.35. The summed E-state index contributed by atoms with van der Waals surface area (Å²) in [6.07, 6.45) is 2.67. The van der Waals surface area contributed by atoms with E-state index in [1.807, 2.05) is 0 Å². The molecule has 0 aliphatic heterocycles. The maximum Gasteiger partial charge on any atom is 0.356 e. The lowest BCUT2D eigenvalue weighted by molar-refractivity contribution is 0.0689. The van der Waals surface area contributed by atoms with E-state index in [1.54, 1.807) is 0 Å². The Bertz CT molecular complexity index is 766. The van der Waals surface area contributed by atoms with Crippen molar-refractivity contribution in [2.75, 3.05) is 13.7 Å².